The topological polar surface area (TPSA) is 134 Å². The smallest absolute Gasteiger partial charge is 0.263 e. The van der Waals surface area contributed by atoms with Crippen LogP contribution < -0.4 is 21.7 Å². The highest BCUT2D eigenvalue weighted by molar-refractivity contribution is 7.17. The molecular formula is C22H29N7O2S. The Hall–Kier alpha value is -3.27. The van der Waals surface area contributed by atoms with Gasteiger partial charge in [-0.2, -0.15) is 0 Å². The molecule has 5 N–H and O–H groups in total. The summed E-state index contributed by atoms with van der Waals surface area (Å²) in [6, 6.07) is 3.05. The standard InChI is InChI=1S/C22H29N7O2S/c1-14-9-16(7-8-25-14)28-22-26-13-19(32-22)21(31)29-18(10-15-5-3-4-6-15)20(30)27-17(11-23)12-24-2/h7-9,11-13,15,18H,3-6,10,23H2,1-2H3,(H,27,30)(H,29,31)(H,25,26,28)/b17-11+,24-12?. The number of allylic oxidation sites excluding steroid dienone is 1. The first-order valence-corrected chi connectivity index (χ1v) is 11.4. The monoisotopic (exact) mass is 455 g/mol. The third-order valence-corrected chi connectivity index (χ3v) is 6.17. The van der Waals surface area contributed by atoms with E-state index in [1.165, 1.54) is 29.9 Å². The van der Waals surface area contributed by atoms with Gasteiger partial charge in [0.05, 0.1) is 11.9 Å². The number of thiazole rings is 1. The van der Waals surface area contributed by atoms with Crippen LogP contribution in [0.15, 0.2) is 41.4 Å². The molecule has 1 fully saturated rings. The van der Waals surface area contributed by atoms with Crippen LogP contribution in [-0.2, 0) is 4.79 Å². The molecule has 170 valence electrons. The molecule has 32 heavy (non-hydrogen) atoms. The number of pyridine rings is 1. The van der Waals surface area contributed by atoms with Gasteiger partial charge in [0.2, 0.25) is 5.91 Å². The molecule has 0 bridgehead atoms. The number of nitrogens with two attached hydrogens (primary N) is 1. The van der Waals surface area contributed by atoms with E-state index in [0.29, 0.717) is 28.0 Å². The minimum atomic E-state index is -0.674. The third kappa shape index (κ3) is 6.61. The SMILES string of the molecule is CN=C/C(=C\N)NC(=O)C(CC1CCCC1)NC(=O)c1cnc(Nc2ccnc(C)c2)s1. The molecule has 0 saturated heterocycles. The van der Waals surface area contributed by atoms with Crippen molar-refractivity contribution in [2.45, 2.75) is 45.1 Å². The summed E-state index contributed by atoms with van der Waals surface area (Å²) in [5.74, 6) is -0.233. The predicted molar refractivity (Wildman–Crippen MR) is 127 cm³/mol. The number of aryl methyl sites for hydroxylation is 1. The number of nitrogens with one attached hydrogen (secondary N) is 3. The summed E-state index contributed by atoms with van der Waals surface area (Å²) in [4.78, 5) is 38.6. The highest BCUT2D eigenvalue weighted by Crippen LogP contribution is 2.29. The Bertz CT molecular complexity index is 996. The summed E-state index contributed by atoms with van der Waals surface area (Å²) >= 11 is 1.23. The third-order valence-electron chi connectivity index (χ3n) is 5.26. The molecule has 2 aromatic heterocycles. The minimum Gasteiger partial charge on any atom is -0.403 e. The number of hydrogen-bond donors (Lipinski definition) is 4. The number of anilines is 2. The van der Waals surface area contributed by atoms with E-state index in [1.807, 2.05) is 19.1 Å². The molecular weight excluding hydrogens is 426 g/mol. The van der Waals surface area contributed by atoms with E-state index in [9.17, 15) is 9.59 Å². The van der Waals surface area contributed by atoms with E-state index in [0.717, 1.165) is 37.1 Å². The second-order valence-corrected chi connectivity index (χ2v) is 8.78. The minimum absolute atomic E-state index is 0.308. The number of hydrogen-bond acceptors (Lipinski definition) is 8. The maximum Gasteiger partial charge on any atom is 0.263 e. The van der Waals surface area contributed by atoms with Crippen LogP contribution in [0, 0.1) is 12.8 Å². The average Bonchev–Trinajstić information content (AvgIpc) is 3.45. The average molecular weight is 456 g/mol. The van der Waals surface area contributed by atoms with E-state index in [-0.39, 0.29) is 11.8 Å². The molecule has 2 aromatic rings. The van der Waals surface area contributed by atoms with Gasteiger partial charge >= 0.3 is 0 Å². The Kier molecular flexibility index (Phi) is 8.32. The summed E-state index contributed by atoms with van der Waals surface area (Å²) < 4.78 is 0. The molecule has 9 nitrogen and oxygen atoms in total. The fourth-order valence-corrected chi connectivity index (χ4v) is 4.45. The van der Waals surface area contributed by atoms with Crippen LogP contribution >= 0.6 is 11.3 Å². The quantitative estimate of drug-likeness (QED) is 0.430. The van der Waals surface area contributed by atoms with Crippen molar-refractivity contribution < 1.29 is 9.59 Å². The van der Waals surface area contributed by atoms with Gasteiger partial charge in [-0.25, -0.2) is 4.98 Å². The summed E-state index contributed by atoms with van der Waals surface area (Å²) in [6.45, 7) is 1.90. The number of aliphatic imine (C=N–C) groups is 1. The summed E-state index contributed by atoms with van der Waals surface area (Å²) in [5.41, 5.74) is 7.68. The summed E-state index contributed by atoms with van der Waals surface area (Å²) in [7, 11) is 1.59. The van der Waals surface area contributed by atoms with Crippen molar-refractivity contribution in [1.29, 1.82) is 0 Å². The number of carbonyl (C=O) groups excluding carboxylic acids is 2. The maximum atomic E-state index is 12.9. The van der Waals surface area contributed by atoms with Gasteiger partial charge < -0.3 is 21.7 Å². The van der Waals surface area contributed by atoms with E-state index in [2.05, 4.69) is 30.9 Å². The van der Waals surface area contributed by atoms with Gasteiger partial charge in [-0.1, -0.05) is 37.0 Å². The van der Waals surface area contributed by atoms with Crippen molar-refractivity contribution in [1.82, 2.24) is 20.6 Å². The largest absolute Gasteiger partial charge is 0.403 e. The molecule has 10 heteroatoms. The Balaban J connectivity index is 1.68. The van der Waals surface area contributed by atoms with Crippen molar-refractivity contribution in [3.05, 3.63) is 47.0 Å². The van der Waals surface area contributed by atoms with Crippen LogP contribution in [0.2, 0.25) is 0 Å². The molecule has 0 aromatic carbocycles. The molecule has 1 atom stereocenters. The van der Waals surface area contributed by atoms with E-state index >= 15 is 0 Å². The summed E-state index contributed by atoms with van der Waals surface area (Å²) in [5, 5.41) is 9.39. The summed E-state index contributed by atoms with van der Waals surface area (Å²) in [6.07, 6.45) is 11.0. The number of nitrogens with zero attached hydrogens (tertiary/aromatic N) is 3. The second-order valence-electron chi connectivity index (χ2n) is 7.75. The normalized spacial score (nSPS) is 15.6. The van der Waals surface area contributed by atoms with Crippen molar-refractivity contribution >= 4 is 40.2 Å². The van der Waals surface area contributed by atoms with Crippen molar-refractivity contribution in [2.24, 2.45) is 16.6 Å². The lowest BCUT2D eigenvalue weighted by molar-refractivity contribution is -0.122. The van der Waals surface area contributed by atoms with E-state index < -0.39 is 6.04 Å². The number of amides is 2. The molecule has 2 heterocycles. The molecule has 3 rings (SSSR count). The molecule has 1 aliphatic carbocycles. The molecule has 0 spiro atoms. The van der Waals surface area contributed by atoms with Gasteiger partial charge in [0.25, 0.3) is 5.91 Å². The first kappa shape index (κ1) is 23.4. The zero-order valence-corrected chi connectivity index (χ0v) is 19.1. The zero-order chi connectivity index (χ0) is 22.9. The predicted octanol–water partition coefficient (Wildman–Crippen LogP) is 2.89. The van der Waals surface area contributed by atoms with Crippen LogP contribution in [0.3, 0.4) is 0 Å². The second kappa shape index (κ2) is 11.4. The first-order valence-electron chi connectivity index (χ1n) is 10.6. The van der Waals surface area contributed by atoms with Gasteiger partial charge in [0.1, 0.15) is 10.9 Å². The lowest BCUT2D eigenvalue weighted by atomic mass is 9.97. The van der Waals surface area contributed by atoms with Crippen LogP contribution in [0.4, 0.5) is 10.8 Å². The molecule has 2 amide bonds. The maximum absolute atomic E-state index is 12.9. The molecule has 0 radical (unpaired) electrons. The van der Waals surface area contributed by atoms with Crippen LogP contribution in [0.25, 0.3) is 0 Å². The van der Waals surface area contributed by atoms with E-state index in [4.69, 9.17) is 5.73 Å². The Morgan fingerprint density at radius 1 is 1.34 bits per heavy atom. The number of carbonyl (C=O) groups is 2. The van der Waals surface area contributed by atoms with Crippen molar-refractivity contribution in [3.63, 3.8) is 0 Å². The highest BCUT2D eigenvalue weighted by Gasteiger charge is 2.28. The molecule has 1 saturated carbocycles. The first-order chi connectivity index (χ1) is 15.5. The Morgan fingerprint density at radius 2 is 2.12 bits per heavy atom. The van der Waals surface area contributed by atoms with Crippen LogP contribution in [0.1, 0.15) is 47.5 Å². The molecule has 1 unspecified atom stereocenters. The molecule has 1 aliphatic rings. The number of rotatable bonds is 9. The van der Waals surface area contributed by atoms with Gasteiger partial charge in [-0.15, -0.1) is 0 Å². The fraction of sp³-hybridized carbons (Fsp3) is 0.409. The zero-order valence-electron chi connectivity index (χ0n) is 18.3. The van der Waals surface area contributed by atoms with Crippen molar-refractivity contribution in [2.75, 3.05) is 12.4 Å². The Morgan fingerprint density at radius 3 is 2.81 bits per heavy atom. The van der Waals surface area contributed by atoms with Gasteiger partial charge in [0, 0.05) is 37.0 Å². The van der Waals surface area contributed by atoms with Crippen LogP contribution in [0.5, 0.6) is 0 Å². The van der Waals surface area contributed by atoms with E-state index in [1.54, 1.807) is 13.2 Å². The Labute approximate surface area is 191 Å². The number of aromatic nitrogens is 2. The van der Waals surface area contributed by atoms with Gasteiger partial charge in [-0.05, 0) is 31.4 Å². The van der Waals surface area contributed by atoms with Crippen LogP contribution in [-0.4, -0.2) is 41.1 Å². The fourth-order valence-electron chi connectivity index (χ4n) is 3.71. The van der Waals surface area contributed by atoms with Gasteiger partial charge in [0.15, 0.2) is 5.13 Å². The lowest BCUT2D eigenvalue weighted by Gasteiger charge is -2.21. The van der Waals surface area contributed by atoms with Gasteiger partial charge in [-0.3, -0.25) is 19.6 Å². The molecule has 0 aliphatic heterocycles. The van der Waals surface area contributed by atoms with Crippen molar-refractivity contribution in [3.8, 4) is 0 Å². The highest BCUT2D eigenvalue weighted by atomic mass is 32.1. The lowest BCUT2D eigenvalue weighted by Crippen LogP contribution is -2.47.